The summed E-state index contributed by atoms with van der Waals surface area (Å²) in [6, 6.07) is 81.7. The molecule has 0 aliphatic rings. The second-order valence-electron chi connectivity index (χ2n) is 15.3. The first-order valence-corrected chi connectivity index (χ1v) is 20.4. The largest absolute Gasteiger partial charge is 0.310 e. The second-order valence-corrected chi connectivity index (χ2v) is 15.3. The molecule has 0 saturated carbocycles. The zero-order valence-electron chi connectivity index (χ0n) is 32.8. The Morgan fingerprint density at radius 3 is 1.53 bits per heavy atom. The number of rotatable bonds is 7. The molecule has 0 unspecified atom stereocenters. The number of aromatic nitrogens is 1. The van der Waals surface area contributed by atoms with Gasteiger partial charge in [-0.3, -0.25) is 0 Å². The average molecular weight is 753 g/mol. The normalized spacial score (nSPS) is 11.5. The minimum atomic E-state index is 1.13. The quantitative estimate of drug-likeness (QED) is 0.147. The van der Waals surface area contributed by atoms with E-state index < -0.39 is 0 Å². The fourth-order valence-electron chi connectivity index (χ4n) is 9.21. The van der Waals surface area contributed by atoms with Crippen LogP contribution in [0.4, 0.5) is 17.1 Å². The molecule has 0 aliphatic heterocycles. The van der Waals surface area contributed by atoms with E-state index in [4.69, 9.17) is 0 Å². The van der Waals surface area contributed by atoms with E-state index in [1.807, 2.05) is 0 Å². The molecule has 59 heavy (non-hydrogen) atoms. The Balaban J connectivity index is 1.05. The summed E-state index contributed by atoms with van der Waals surface area (Å²) in [4.78, 5) is 2.37. The zero-order valence-corrected chi connectivity index (χ0v) is 32.8. The van der Waals surface area contributed by atoms with E-state index in [1.165, 1.54) is 88.0 Å². The number of anilines is 3. The Morgan fingerprint density at radius 1 is 0.322 bits per heavy atom. The maximum Gasteiger partial charge on any atom is 0.0542 e. The second kappa shape index (κ2) is 14.4. The third-order valence-corrected chi connectivity index (χ3v) is 11.9. The van der Waals surface area contributed by atoms with Crippen LogP contribution in [0.2, 0.25) is 0 Å². The van der Waals surface area contributed by atoms with Crippen LogP contribution in [-0.4, -0.2) is 4.57 Å². The van der Waals surface area contributed by atoms with E-state index in [9.17, 15) is 0 Å². The van der Waals surface area contributed by atoms with Gasteiger partial charge in [0, 0.05) is 33.5 Å². The van der Waals surface area contributed by atoms with Crippen LogP contribution in [0, 0.1) is 6.92 Å². The highest BCUT2D eigenvalue weighted by molar-refractivity contribution is 6.21. The SMILES string of the molecule is Cc1ccccc1N(c1ccccc1)c1ccc2c(c1)c1ccccc1n2-c1ccc(-c2c3ccccc3c(-c3cccc(-c4ccccc4)c3)c3ccccc23)cc1. The molecule has 1 aromatic heterocycles. The Morgan fingerprint density at radius 2 is 0.847 bits per heavy atom. The van der Waals surface area contributed by atoms with E-state index in [-0.39, 0.29) is 0 Å². The van der Waals surface area contributed by atoms with Crippen LogP contribution in [0.15, 0.2) is 224 Å². The molecule has 0 atom stereocenters. The van der Waals surface area contributed by atoms with Crippen molar-refractivity contribution in [2.45, 2.75) is 6.92 Å². The monoisotopic (exact) mass is 752 g/mol. The van der Waals surface area contributed by atoms with Gasteiger partial charge in [-0.25, -0.2) is 0 Å². The van der Waals surface area contributed by atoms with Crippen LogP contribution in [0.25, 0.3) is 82.4 Å². The predicted octanol–water partition coefficient (Wildman–Crippen LogP) is 15.9. The summed E-state index contributed by atoms with van der Waals surface area (Å²) in [7, 11) is 0. The highest BCUT2D eigenvalue weighted by Crippen LogP contribution is 2.45. The average Bonchev–Trinajstić information content (AvgIpc) is 3.63. The molecule has 10 aromatic carbocycles. The van der Waals surface area contributed by atoms with Gasteiger partial charge in [0.25, 0.3) is 0 Å². The number of fused-ring (bicyclic) bond motifs is 5. The lowest BCUT2D eigenvalue weighted by Gasteiger charge is -2.27. The van der Waals surface area contributed by atoms with E-state index in [0.29, 0.717) is 0 Å². The fraction of sp³-hybridized carbons (Fsp3) is 0.0175. The molecule has 0 aliphatic carbocycles. The van der Waals surface area contributed by atoms with E-state index in [0.717, 1.165) is 17.1 Å². The molecule has 2 nitrogen and oxygen atoms in total. The van der Waals surface area contributed by atoms with Crippen LogP contribution in [0.1, 0.15) is 5.56 Å². The van der Waals surface area contributed by atoms with Gasteiger partial charge in [-0.15, -0.1) is 0 Å². The van der Waals surface area contributed by atoms with E-state index in [1.54, 1.807) is 0 Å². The lowest BCUT2D eigenvalue weighted by atomic mass is 9.85. The first kappa shape index (κ1) is 34.6. The van der Waals surface area contributed by atoms with Gasteiger partial charge >= 0.3 is 0 Å². The van der Waals surface area contributed by atoms with Crippen molar-refractivity contribution < 1.29 is 0 Å². The highest BCUT2D eigenvalue weighted by Gasteiger charge is 2.20. The smallest absolute Gasteiger partial charge is 0.0542 e. The Labute approximate surface area is 344 Å². The fourth-order valence-corrected chi connectivity index (χ4v) is 9.21. The van der Waals surface area contributed by atoms with Crippen molar-refractivity contribution >= 4 is 60.4 Å². The van der Waals surface area contributed by atoms with Crippen molar-refractivity contribution in [1.82, 2.24) is 4.57 Å². The molecule has 0 N–H and O–H groups in total. The molecule has 0 amide bonds. The summed E-state index contributed by atoms with van der Waals surface area (Å²) < 4.78 is 2.41. The van der Waals surface area contributed by atoms with Crippen molar-refractivity contribution in [3.05, 3.63) is 230 Å². The molecule has 1 heterocycles. The summed E-state index contributed by atoms with van der Waals surface area (Å²) in [6.45, 7) is 2.18. The summed E-state index contributed by atoms with van der Waals surface area (Å²) in [5, 5.41) is 7.46. The number of hydrogen-bond donors (Lipinski definition) is 0. The van der Waals surface area contributed by atoms with E-state index >= 15 is 0 Å². The van der Waals surface area contributed by atoms with Crippen LogP contribution in [-0.2, 0) is 0 Å². The predicted molar refractivity (Wildman–Crippen MR) is 252 cm³/mol. The molecule has 11 aromatic rings. The Hall–Kier alpha value is -7.68. The molecule has 278 valence electrons. The third kappa shape index (κ3) is 5.88. The number of para-hydroxylation sites is 3. The third-order valence-electron chi connectivity index (χ3n) is 11.9. The number of benzene rings is 10. The van der Waals surface area contributed by atoms with Gasteiger partial charge < -0.3 is 9.47 Å². The van der Waals surface area contributed by atoms with Gasteiger partial charge in [0.15, 0.2) is 0 Å². The molecule has 0 fully saturated rings. The minimum absolute atomic E-state index is 1.13. The lowest BCUT2D eigenvalue weighted by molar-refractivity contribution is 1.18. The first-order valence-electron chi connectivity index (χ1n) is 20.4. The molecule has 0 saturated heterocycles. The minimum Gasteiger partial charge on any atom is -0.310 e. The van der Waals surface area contributed by atoms with Gasteiger partial charge in [-0.05, 0) is 128 Å². The summed E-state index contributed by atoms with van der Waals surface area (Å²) >= 11 is 0. The van der Waals surface area contributed by atoms with Gasteiger partial charge in [0.2, 0.25) is 0 Å². The maximum absolute atomic E-state index is 2.41. The maximum atomic E-state index is 2.41. The topological polar surface area (TPSA) is 8.17 Å². The summed E-state index contributed by atoms with van der Waals surface area (Å²) in [6.07, 6.45) is 0. The molecule has 2 heteroatoms. The van der Waals surface area contributed by atoms with Crippen molar-refractivity contribution in [3.63, 3.8) is 0 Å². The Bertz CT molecular complexity index is 3270. The van der Waals surface area contributed by atoms with Crippen molar-refractivity contribution in [1.29, 1.82) is 0 Å². The zero-order chi connectivity index (χ0) is 39.3. The van der Waals surface area contributed by atoms with Crippen molar-refractivity contribution in [3.8, 4) is 39.1 Å². The van der Waals surface area contributed by atoms with Crippen molar-refractivity contribution in [2.75, 3.05) is 4.90 Å². The van der Waals surface area contributed by atoms with Gasteiger partial charge in [0.1, 0.15) is 0 Å². The standard InChI is InChI=1S/C57H40N2/c1-39-17-8-14-29-53(39)58(44-22-6-3-7-23-44)46-35-36-55-52(38-46)47-24-13-15-30-54(47)59(55)45-33-31-41(32-34-45)56-48-25-9-11-27-50(48)57(51-28-12-10-26-49(51)56)43-21-16-20-42(37-43)40-18-4-2-5-19-40/h2-38H,1H3. The van der Waals surface area contributed by atoms with Gasteiger partial charge in [-0.1, -0.05) is 164 Å². The van der Waals surface area contributed by atoms with Crippen LogP contribution < -0.4 is 4.90 Å². The molecular formula is C57H40N2. The highest BCUT2D eigenvalue weighted by atomic mass is 15.1. The summed E-state index contributed by atoms with van der Waals surface area (Å²) in [5.41, 5.74) is 15.6. The summed E-state index contributed by atoms with van der Waals surface area (Å²) in [5.74, 6) is 0. The van der Waals surface area contributed by atoms with Crippen LogP contribution in [0.5, 0.6) is 0 Å². The number of nitrogens with zero attached hydrogens (tertiary/aromatic N) is 2. The molecule has 0 bridgehead atoms. The van der Waals surface area contributed by atoms with Crippen LogP contribution >= 0.6 is 0 Å². The van der Waals surface area contributed by atoms with Crippen LogP contribution in [0.3, 0.4) is 0 Å². The molecule has 11 rings (SSSR count). The molecular weight excluding hydrogens is 713 g/mol. The van der Waals surface area contributed by atoms with E-state index in [2.05, 4.69) is 241 Å². The van der Waals surface area contributed by atoms with Gasteiger partial charge in [0.05, 0.1) is 11.0 Å². The van der Waals surface area contributed by atoms with Crippen molar-refractivity contribution in [2.24, 2.45) is 0 Å². The Kier molecular flexibility index (Phi) is 8.41. The van der Waals surface area contributed by atoms with Gasteiger partial charge in [-0.2, -0.15) is 0 Å². The number of hydrogen-bond acceptors (Lipinski definition) is 1. The molecule has 0 radical (unpaired) electrons. The molecule has 0 spiro atoms. The lowest BCUT2D eigenvalue weighted by Crippen LogP contribution is -2.11. The number of aryl methyl sites for hydroxylation is 1. The first-order chi connectivity index (χ1) is 29.2.